The topological polar surface area (TPSA) is 24.1 Å². The summed E-state index contributed by atoms with van der Waals surface area (Å²) in [5, 5.41) is 7.69. The summed E-state index contributed by atoms with van der Waals surface area (Å²) < 4.78 is 1.03. The molecule has 1 aliphatic carbocycles. The molecule has 138 valence electrons. The summed E-state index contributed by atoms with van der Waals surface area (Å²) in [6.07, 6.45) is 6.35. The first-order valence-electron chi connectivity index (χ1n) is 9.40. The third kappa shape index (κ3) is 4.47. The second-order valence-corrected chi connectivity index (χ2v) is 8.63. The zero-order valence-corrected chi connectivity index (χ0v) is 18.2. The normalized spacial score (nSPS) is 14.9. The fourth-order valence-corrected chi connectivity index (χ4v) is 4.78. The lowest BCUT2D eigenvalue weighted by Crippen LogP contribution is -2.39. The minimum absolute atomic E-state index is 0.498. The van der Waals surface area contributed by atoms with E-state index in [2.05, 4.69) is 77.7 Å². The van der Waals surface area contributed by atoms with Gasteiger partial charge in [-0.1, -0.05) is 49.1 Å². The van der Waals surface area contributed by atoms with E-state index in [1.54, 1.807) is 0 Å². The van der Waals surface area contributed by atoms with Crippen molar-refractivity contribution in [2.75, 3.05) is 5.32 Å². The molecule has 0 aromatic heterocycles. The van der Waals surface area contributed by atoms with E-state index < -0.39 is 0 Å². The van der Waals surface area contributed by atoms with Crippen molar-refractivity contribution in [1.82, 2.24) is 5.32 Å². The molecular weight excluding hydrogens is 404 g/mol. The molecule has 0 aliphatic heterocycles. The van der Waals surface area contributed by atoms with Crippen LogP contribution in [0.3, 0.4) is 0 Å². The van der Waals surface area contributed by atoms with E-state index in [1.807, 2.05) is 0 Å². The molecule has 2 nitrogen and oxygen atoms in total. The zero-order valence-electron chi connectivity index (χ0n) is 15.8. The van der Waals surface area contributed by atoms with E-state index in [0.717, 1.165) is 10.2 Å². The van der Waals surface area contributed by atoms with Crippen LogP contribution in [0.5, 0.6) is 0 Å². The molecule has 0 heterocycles. The van der Waals surface area contributed by atoms with Gasteiger partial charge in [0, 0.05) is 16.1 Å². The lowest BCUT2D eigenvalue weighted by Gasteiger charge is -2.25. The summed E-state index contributed by atoms with van der Waals surface area (Å²) in [5.74, 6) is 0. The first kappa shape index (κ1) is 19.4. The van der Waals surface area contributed by atoms with Gasteiger partial charge in [0.2, 0.25) is 0 Å². The standard InChI is InChI=1S/C22H27BrN2S/c1-14-12-15(2)20(16(3)13-14)18-10-7-11-19(23)21(18)25-22(26)24-17-8-5-4-6-9-17/h7,10-13,17H,4-6,8-9H2,1-3H3,(H2,24,25,26). The fourth-order valence-electron chi connectivity index (χ4n) is 4.05. The van der Waals surface area contributed by atoms with E-state index >= 15 is 0 Å². The molecule has 2 aromatic carbocycles. The van der Waals surface area contributed by atoms with Crippen molar-refractivity contribution in [3.05, 3.63) is 51.5 Å². The molecular formula is C22H27BrN2S. The number of thiocarbonyl (C=S) groups is 1. The van der Waals surface area contributed by atoms with Crippen molar-refractivity contribution in [3.63, 3.8) is 0 Å². The Morgan fingerprint density at radius 1 is 1.04 bits per heavy atom. The molecule has 3 rings (SSSR count). The molecule has 1 saturated carbocycles. The molecule has 2 aromatic rings. The smallest absolute Gasteiger partial charge is 0.171 e. The Bertz CT molecular complexity index is 787. The van der Waals surface area contributed by atoms with Gasteiger partial charge in [0.1, 0.15) is 0 Å². The Hall–Kier alpha value is -1.39. The van der Waals surface area contributed by atoms with Crippen LogP contribution in [-0.4, -0.2) is 11.2 Å². The Morgan fingerprint density at radius 2 is 1.69 bits per heavy atom. The summed E-state index contributed by atoms with van der Waals surface area (Å²) in [6.45, 7) is 6.50. The van der Waals surface area contributed by atoms with Crippen molar-refractivity contribution in [3.8, 4) is 11.1 Å². The summed E-state index contributed by atoms with van der Waals surface area (Å²) in [7, 11) is 0. The molecule has 2 N–H and O–H groups in total. The van der Waals surface area contributed by atoms with Crippen LogP contribution >= 0.6 is 28.1 Å². The summed E-state index contributed by atoms with van der Waals surface area (Å²) in [5.41, 5.74) is 7.37. The molecule has 26 heavy (non-hydrogen) atoms. The number of halogens is 1. The highest BCUT2D eigenvalue weighted by Gasteiger charge is 2.17. The third-order valence-electron chi connectivity index (χ3n) is 5.14. The Kier molecular flexibility index (Phi) is 6.36. The van der Waals surface area contributed by atoms with Gasteiger partial charge < -0.3 is 10.6 Å². The van der Waals surface area contributed by atoms with E-state index in [4.69, 9.17) is 12.2 Å². The molecule has 0 atom stereocenters. The fraction of sp³-hybridized carbons (Fsp3) is 0.409. The third-order valence-corrected chi connectivity index (χ3v) is 6.02. The minimum atomic E-state index is 0.498. The number of nitrogens with one attached hydrogen (secondary N) is 2. The average Bonchev–Trinajstić information content (AvgIpc) is 2.57. The van der Waals surface area contributed by atoms with Crippen LogP contribution < -0.4 is 10.6 Å². The first-order valence-corrected chi connectivity index (χ1v) is 10.6. The highest BCUT2D eigenvalue weighted by Crippen LogP contribution is 2.38. The van der Waals surface area contributed by atoms with E-state index in [1.165, 1.54) is 59.9 Å². The van der Waals surface area contributed by atoms with Gasteiger partial charge in [-0.05, 0) is 84.5 Å². The predicted octanol–water partition coefficient (Wildman–Crippen LogP) is 6.66. The molecule has 4 heteroatoms. The molecule has 0 spiro atoms. The van der Waals surface area contributed by atoms with Gasteiger partial charge in [-0.25, -0.2) is 0 Å². The van der Waals surface area contributed by atoms with Crippen LogP contribution in [0.4, 0.5) is 5.69 Å². The van der Waals surface area contributed by atoms with Crippen molar-refractivity contribution < 1.29 is 0 Å². The molecule has 0 bridgehead atoms. The van der Waals surface area contributed by atoms with Gasteiger partial charge >= 0.3 is 0 Å². The first-order chi connectivity index (χ1) is 12.5. The van der Waals surface area contributed by atoms with E-state index in [-0.39, 0.29) is 0 Å². The van der Waals surface area contributed by atoms with Gasteiger partial charge in [-0.2, -0.15) is 0 Å². The van der Waals surface area contributed by atoms with Gasteiger partial charge in [0.15, 0.2) is 5.11 Å². The summed E-state index contributed by atoms with van der Waals surface area (Å²) in [4.78, 5) is 0. The van der Waals surface area contributed by atoms with Crippen molar-refractivity contribution in [2.45, 2.75) is 58.9 Å². The van der Waals surface area contributed by atoms with Crippen LogP contribution in [0.2, 0.25) is 0 Å². The molecule has 0 saturated heterocycles. The maximum absolute atomic E-state index is 5.63. The van der Waals surface area contributed by atoms with Gasteiger partial charge in [0.25, 0.3) is 0 Å². The Labute approximate surface area is 170 Å². The van der Waals surface area contributed by atoms with Crippen LogP contribution in [-0.2, 0) is 0 Å². The van der Waals surface area contributed by atoms with Crippen LogP contribution in [0.1, 0.15) is 48.8 Å². The quantitative estimate of drug-likeness (QED) is 0.532. The lowest BCUT2D eigenvalue weighted by atomic mass is 9.93. The second kappa shape index (κ2) is 8.53. The Morgan fingerprint density at radius 3 is 2.35 bits per heavy atom. The largest absolute Gasteiger partial charge is 0.360 e. The predicted molar refractivity (Wildman–Crippen MR) is 120 cm³/mol. The zero-order chi connectivity index (χ0) is 18.7. The molecule has 0 unspecified atom stereocenters. The molecule has 1 fully saturated rings. The molecule has 0 amide bonds. The average molecular weight is 431 g/mol. The summed E-state index contributed by atoms with van der Waals surface area (Å²) >= 11 is 9.34. The SMILES string of the molecule is Cc1cc(C)c(-c2cccc(Br)c2NC(=S)NC2CCCCC2)c(C)c1. The Balaban J connectivity index is 1.90. The maximum atomic E-state index is 5.63. The molecule has 1 aliphatic rings. The number of rotatable bonds is 3. The number of anilines is 1. The van der Waals surface area contributed by atoms with Gasteiger partial charge in [-0.15, -0.1) is 0 Å². The molecule has 0 radical (unpaired) electrons. The second-order valence-electron chi connectivity index (χ2n) is 7.37. The number of benzene rings is 2. The summed E-state index contributed by atoms with van der Waals surface area (Å²) in [6, 6.07) is 11.3. The van der Waals surface area contributed by atoms with Gasteiger partial charge in [0.05, 0.1) is 5.69 Å². The van der Waals surface area contributed by atoms with Crippen LogP contribution in [0.15, 0.2) is 34.8 Å². The lowest BCUT2D eigenvalue weighted by molar-refractivity contribution is 0.415. The maximum Gasteiger partial charge on any atom is 0.171 e. The number of hydrogen-bond donors (Lipinski definition) is 2. The highest BCUT2D eigenvalue weighted by molar-refractivity contribution is 9.10. The van der Waals surface area contributed by atoms with Crippen molar-refractivity contribution in [2.24, 2.45) is 0 Å². The minimum Gasteiger partial charge on any atom is -0.360 e. The number of hydrogen-bond acceptors (Lipinski definition) is 1. The van der Waals surface area contributed by atoms with Gasteiger partial charge in [-0.3, -0.25) is 0 Å². The van der Waals surface area contributed by atoms with Crippen LogP contribution in [0.25, 0.3) is 11.1 Å². The number of aryl methyl sites for hydroxylation is 3. The van der Waals surface area contributed by atoms with E-state index in [0.29, 0.717) is 11.2 Å². The van der Waals surface area contributed by atoms with E-state index in [9.17, 15) is 0 Å². The monoisotopic (exact) mass is 430 g/mol. The number of para-hydroxylation sites is 1. The highest BCUT2D eigenvalue weighted by atomic mass is 79.9. The van der Waals surface area contributed by atoms with Crippen molar-refractivity contribution in [1.29, 1.82) is 0 Å². The van der Waals surface area contributed by atoms with Crippen molar-refractivity contribution >= 4 is 38.9 Å². The van der Waals surface area contributed by atoms with Crippen LogP contribution in [0, 0.1) is 20.8 Å².